The van der Waals surface area contributed by atoms with Crippen LogP contribution in [0.3, 0.4) is 0 Å². The summed E-state index contributed by atoms with van der Waals surface area (Å²) in [5.41, 5.74) is 1.13. The SMILES string of the molecule is Cc1nc(Cl)cc(N[C@H](Cn2cncn2)c2ccccc2)n1. The van der Waals surface area contributed by atoms with Crippen LogP contribution in [-0.4, -0.2) is 24.7 Å². The summed E-state index contributed by atoms with van der Waals surface area (Å²) in [7, 11) is 0. The Balaban J connectivity index is 1.88. The summed E-state index contributed by atoms with van der Waals surface area (Å²) in [6.45, 7) is 2.44. The highest BCUT2D eigenvalue weighted by atomic mass is 35.5. The van der Waals surface area contributed by atoms with Gasteiger partial charge >= 0.3 is 0 Å². The van der Waals surface area contributed by atoms with Gasteiger partial charge in [-0.25, -0.2) is 15.0 Å². The molecule has 112 valence electrons. The van der Waals surface area contributed by atoms with Gasteiger partial charge in [-0.15, -0.1) is 0 Å². The summed E-state index contributed by atoms with van der Waals surface area (Å²) in [6, 6.07) is 11.8. The number of halogens is 1. The number of hydrogen-bond acceptors (Lipinski definition) is 5. The fraction of sp³-hybridized carbons (Fsp3) is 0.200. The largest absolute Gasteiger partial charge is 0.361 e. The minimum Gasteiger partial charge on any atom is -0.361 e. The predicted molar refractivity (Wildman–Crippen MR) is 84.6 cm³/mol. The summed E-state index contributed by atoms with van der Waals surface area (Å²) in [5.74, 6) is 1.31. The van der Waals surface area contributed by atoms with E-state index >= 15 is 0 Å². The van der Waals surface area contributed by atoms with Crippen LogP contribution in [0.1, 0.15) is 17.4 Å². The fourth-order valence-electron chi connectivity index (χ4n) is 2.22. The molecule has 1 atom stereocenters. The highest BCUT2D eigenvalue weighted by Gasteiger charge is 2.14. The third-order valence-corrected chi connectivity index (χ3v) is 3.36. The topological polar surface area (TPSA) is 68.5 Å². The molecule has 0 aliphatic carbocycles. The third kappa shape index (κ3) is 3.59. The van der Waals surface area contributed by atoms with Crippen LogP contribution in [0.15, 0.2) is 49.1 Å². The van der Waals surface area contributed by atoms with Gasteiger partial charge in [-0.05, 0) is 12.5 Å². The van der Waals surface area contributed by atoms with E-state index in [1.807, 2.05) is 25.1 Å². The molecular weight excluding hydrogens is 300 g/mol. The first kappa shape index (κ1) is 14.5. The van der Waals surface area contributed by atoms with Crippen LogP contribution >= 0.6 is 11.6 Å². The molecule has 0 spiro atoms. The van der Waals surface area contributed by atoms with Gasteiger partial charge in [0.25, 0.3) is 0 Å². The number of rotatable bonds is 5. The Kier molecular flexibility index (Phi) is 4.29. The van der Waals surface area contributed by atoms with Crippen molar-refractivity contribution in [1.29, 1.82) is 0 Å². The Labute approximate surface area is 133 Å². The molecule has 0 amide bonds. The smallest absolute Gasteiger partial charge is 0.137 e. The molecule has 7 heteroatoms. The number of aromatic nitrogens is 5. The number of nitrogens with one attached hydrogen (secondary N) is 1. The van der Waals surface area contributed by atoms with Gasteiger partial charge in [-0.1, -0.05) is 41.9 Å². The zero-order valence-electron chi connectivity index (χ0n) is 12.0. The maximum Gasteiger partial charge on any atom is 0.137 e. The summed E-state index contributed by atoms with van der Waals surface area (Å²) in [5, 5.41) is 7.98. The van der Waals surface area contributed by atoms with Gasteiger partial charge in [0.2, 0.25) is 0 Å². The van der Waals surface area contributed by atoms with Crippen molar-refractivity contribution in [3.05, 3.63) is 65.6 Å². The average Bonchev–Trinajstić information content (AvgIpc) is 2.99. The van der Waals surface area contributed by atoms with Crippen molar-refractivity contribution >= 4 is 17.4 Å². The Morgan fingerprint density at radius 1 is 1.23 bits per heavy atom. The second kappa shape index (κ2) is 6.53. The molecule has 0 saturated carbocycles. The van der Waals surface area contributed by atoms with Crippen molar-refractivity contribution in [3.63, 3.8) is 0 Å². The van der Waals surface area contributed by atoms with Crippen molar-refractivity contribution < 1.29 is 0 Å². The summed E-state index contributed by atoms with van der Waals surface area (Å²) < 4.78 is 1.78. The van der Waals surface area contributed by atoms with Crippen LogP contribution in [0.25, 0.3) is 0 Å². The van der Waals surface area contributed by atoms with Crippen LogP contribution in [0.4, 0.5) is 5.82 Å². The molecule has 0 unspecified atom stereocenters. The van der Waals surface area contributed by atoms with E-state index < -0.39 is 0 Å². The molecule has 0 saturated heterocycles. The lowest BCUT2D eigenvalue weighted by atomic mass is 10.1. The molecule has 1 aromatic carbocycles. The minimum atomic E-state index is -0.00623. The van der Waals surface area contributed by atoms with Crippen molar-refractivity contribution in [1.82, 2.24) is 24.7 Å². The summed E-state index contributed by atoms with van der Waals surface area (Å²) in [6.07, 6.45) is 3.21. The van der Waals surface area contributed by atoms with Crippen LogP contribution in [0.2, 0.25) is 5.15 Å². The first-order chi connectivity index (χ1) is 10.7. The minimum absolute atomic E-state index is 0.00623. The third-order valence-electron chi connectivity index (χ3n) is 3.17. The monoisotopic (exact) mass is 314 g/mol. The highest BCUT2D eigenvalue weighted by Crippen LogP contribution is 2.21. The molecule has 3 rings (SSSR count). The van der Waals surface area contributed by atoms with E-state index in [2.05, 4.69) is 37.5 Å². The van der Waals surface area contributed by atoms with Crippen molar-refractivity contribution in [2.24, 2.45) is 0 Å². The van der Waals surface area contributed by atoms with Crippen LogP contribution in [-0.2, 0) is 6.54 Å². The van der Waals surface area contributed by atoms with E-state index in [-0.39, 0.29) is 6.04 Å². The van der Waals surface area contributed by atoms with E-state index in [0.29, 0.717) is 23.3 Å². The Bertz CT molecular complexity index is 709. The fourth-order valence-corrected chi connectivity index (χ4v) is 2.44. The first-order valence-electron chi connectivity index (χ1n) is 6.86. The Morgan fingerprint density at radius 3 is 2.73 bits per heavy atom. The zero-order valence-corrected chi connectivity index (χ0v) is 12.8. The number of hydrogen-bond donors (Lipinski definition) is 1. The molecule has 2 aromatic heterocycles. The lowest BCUT2D eigenvalue weighted by Crippen LogP contribution is -2.19. The molecule has 0 aliphatic rings. The Hall–Kier alpha value is -2.47. The number of anilines is 1. The molecule has 22 heavy (non-hydrogen) atoms. The quantitative estimate of drug-likeness (QED) is 0.733. The van der Waals surface area contributed by atoms with Crippen molar-refractivity contribution in [3.8, 4) is 0 Å². The van der Waals surface area contributed by atoms with Gasteiger partial charge in [0.1, 0.15) is 29.5 Å². The average molecular weight is 315 g/mol. The van der Waals surface area contributed by atoms with Crippen LogP contribution in [0, 0.1) is 6.92 Å². The molecule has 6 nitrogen and oxygen atoms in total. The molecule has 0 aliphatic heterocycles. The maximum atomic E-state index is 6.00. The van der Waals surface area contributed by atoms with Gasteiger partial charge in [0.05, 0.1) is 12.6 Å². The van der Waals surface area contributed by atoms with Crippen molar-refractivity contribution in [2.75, 3.05) is 5.32 Å². The molecule has 0 fully saturated rings. The number of benzene rings is 1. The predicted octanol–water partition coefficient (Wildman–Crippen LogP) is 2.88. The van der Waals surface area contributed by atoms with E-state index in [0.717, 1.165) is 5.56 Å². The van der Waals surface area contributed by atoms with E-state index in [9.17, 15) is 0 Å². The first-order valence-corrected chi connectivity index (χ1v) is 7.23. The van der Waals surface area contributed by atoms with Gasteiger partial charge in [-0.3, -0.25) is 4.68 Å². The lowest BCUT2D eigenvalue weighted by Gasteiger charge is -2.20. The number of nitrogens with zero attached hydrogens (tertiary/aromatic N) is 5. The zero-order chi connectivity index (χ0) is 15.4. The highest BCUT2D eigenvalue weighted by molar-refractivity contribution is 6.29. The van der Waals surface area contributed by atoms with Crippen LogP contribution in [0.5, 0.6) is 0 Å². The Morgan fingerprint density at radius 2 is 2.05 bits per heavy atom. The second-order valence-corrected chi connectivity index (χ2v) is 5.24. The number of aryl methyl sites for hydroxylation is 1. The summed E-state index contributed by atoms with van der Waals surface area (Å²) in [4.78, 5) is 12.4. The van der Waals surface area contributed by atoms with Gasteiger partial charge in [0, 0.05) is 6.07 Å². The normalized spacial score (nSPS) is 12.1. The van der Waals surface area contributed by atoms with E-state index in [4.69, 9.17) is 11.6 Å². The molecular formula is C15H15ClN6. The molecule has 3 aromatic rings. The van der Waals surface area contributed by atoms with E-state index in [1.165, 1.54) is 6.33 Å². The molecule has 1 N–H and O–H groups in total. The van der Waals surface area contributed by atoms with Gasteiger partial charge < -0.3 is 5.32 Å². The standard InChI is InChI=1S/C15H15ClN6/c1-11-19-14(16)7-15(20-11)21-13(8-22-10-17-9-18-22)12-5-3-2-4-6-12/h2-7,9-10,13H,8H2,1H3,(H,19,20,21)/t13-/m1/s1. The lowest BCUT2D eigenvalue weighted by molar-refractivity contribution is 0.548. The van der Waals surface area contributed by atoms with Crippen molar-refractivity contribution in [2.45, 2.75) is 19.5 Å². The maximum absolute atomic E-state index is 6.00. The summed E-state index contributed by atoms with van der Waals surface area (Å²) >= 11 is 6.00. The molecule has 0 bridgehead atoms. The van der Waals surface area contributed by atoms with Gasteiger partial charge in [-0.2, -0.15) is 5.10 Å². The van der Waals surface area contributed by atoms with Gasteiger partial charge in [0.15, 0.2) is 0 Å². The van der Waals surface area contributed by atoms with E-state index in [1.54, 1.807) is 17.1 Å². The second-order valence-electron chi connectivity index (χ2n) is 4.85. The molecule has 0 radical (unpaired) electrons. The molecule has 2 heterocycles. The van der Waals surface area contributed by atoms with Crippen LogP contribution < -0.4 is 5.32 Å².